The molecule has 0 N–H and O–H groups in total. The number of hydrogen-bond donors (Lipinski definition) is 0. The van der Waals surface area contributed by atoms with Crippen LogP contribution in [0.2, 0.25) is 0 Å². The molecule has 0 unspecified atom stereocenters. The molecule has 0 fully saturated rings. The molecule has 1 aromatic heterocycles. The number of ether oxygens (including phenoxy) is 1. The molecule has 0 saturated carbocycles. The quantitative estimate of drug-likeness (QED) is 0.215. The Kier molecular flexibility index (Phi) is 5.75. The second kappa shape index (κ2) is 9.03. The molecule has 35 heavy (non-hydrogen) atoms. The monoisotopic (exact) mass is 462 g/mol. The van der Waals surface area contributed by atoms with Gasteiger partial charge in [0.2, 0.25) is 0 Å². The van der Waals surface area contributed by atoms with Crippen LogP contribution in [0.1, 0.15) is 32.7 Å². The van der Waals surface area contributed by atoms with E-state index in [2.05, 4.69) is 6.58 Å². The van der Waals surface area contributed by atoms with Gasteiger partial charge in [-0.3, -0.25) is 0 Å². The molecular formula is C30H23FN2O2. The fraction of sp³-hybridized carbons (Fsp3) is 0.0667. The Bertz CT molecular complexity index is 1410. The summed E-state index contributed by atoms with van der Waals surface area (Å²) >= 11 is 0. The van der Waals surface area contributed by atoms with Crippen LogP contribution in [0.3, 0.4) is 0 Å². The van der Waals surface area contributed by atoms with Gasteiger partial charge in [0.15, 0.2) is 0 Å². The molecule has 5 rings (SSSR count). The maximum Gasteiger partial charge on any atom is 0.340 e. The first kappa shape index (κ1) is 22.3. The van der Waals surface area contributed by atoms with Crippen molar-refractivity contribution in [2.45, 2.75) is 5.54 Å². The molecular weight excluding hydrogens is 439 g/mol. The Balaban J connectivity index is 1.97. The summed E-state index contributed by atoms with van der Waals surface area (Å²) in [6.07, 6.45) is 1.61. The van der Waals surface area contributed by atoms with E-state index >= 15 is 4.39 Å². The van der Waals surface area contributed by atoms with Crippen molar-refractivity contribution in [2.75, 3.05) is 7.11 Å². The molecule has 4 nitrogen and oxygen atoms in total. The number of halogens is 1. The van der Waals surface area contributed by atoms with Crippen LogP contribution >= 0.6 is 0 Å². The first-order valence-electron chi connectivity index (χ1n) is 11.2. The van der Waals surface area contributed by atoms with E-state index < -0.39 is 17.3 Å². The predicted molar refractivity (Wildman–Crippen MR) is 136 cm³/mol. The number of hydrogen-bond acceptors (Lipinski definition) is 3. The second-order valence-corrected chi connectivity index (χ2v) is 8.15. The highest BCUT2D eigenvalue weighted by Gasteiger charge is 2.41. The van der Waals surface area contributed by atoms with Gasteiger partial charge in [0.1, 0.15) is 11.4 Å². The standard InChI is InChI=1S/C30H23FN2O2/c1-3-27-25-19-24(29(34)35-2)26(31)20-28(25)33(32-27)30(21-13-7-4-8-14-21,22-15-9-5-10-16-22)23-17-11-6-12-18-23/h3-20H,1H2,2H3. The number of benzene rings is 4. The van der Waals surface area contributed by atoms with Gasteiger partial charge >= 0.3 is 5.97 Å². The molecule has 0 radical (unpaired) electrons. The van der Waals surface area contributed by atoms with Gasteiger partial charge in [0, 0.05) is 11.5 Å². The smallest absolute Gasteiger partial charge is 0.340 e. The van der Waals surface area contributed by atoms with Crippen molar-refractivity contribution >= 4 is 22.9 Å². The average molecular weight is 463 g/mol. The lowest BCUT2D eigenvalue weighted by Crippen LogP contribution is -2.38. The molecule has 0 atom stereocenters. The number of carbonyl (C=O) groups is 1. The molecule has 1 heterocycles. The van der Waals surface area contributed by atoms with E-state index in [0.717, 1.165) is 16.7 Å². The van der Waals surface area contributed by atoms with E-state index in [4.69, 9.17) is 9.84 Å². The summed E-state index contributed by atoms with van der Waals surface area (Å²) < 4.78 is 21.9. The number of rotatable bonds is 6. The number of esters is 1. The zero-order valence-electron chi connectivity index (χ0n) is 19.2. The van der Waals surface area contributed by atoms with Crippen molar-refractivity contribution in [1.29, 1.82) is 0 Å². The highest BCUT2D eigenvalue weighted by Crippen LogP contribution is 2.43. The molecule has 0 aliphatic carbocycles. The highest BCUT2D eigenvalue weighted by atomic mass is 19.1. The minimum Gasteiger partial charge on any atom is -0.465 e. The number of aromatic nitrogens is 2. The summed E-state index contributed by atoms with van der Waals surface area (Å²) in [5.41, 5.74) is 2.86. The average Bonchev–Trinajstić information content (AvgIpc) is 3.27. The lowest BCUT2D eigenvalue weighted by Gasteiger charge is -2.37. The van der Waals surface area contributed by atoms with Gasteiger partial charge in [0.25, 0.3) is 0 Å². The van der Waals surface area contributed by atoms with Crippen molar-refractivity contribution in [1.82, 2.24) is 9.78 Å². The molecule has 0 aliphatic rings. The third-order valence-electron chi connectivity index (χ3n) is 6.29. The first-order valence-corrected chi connectivity index (χ1v) is 11.2. The molecule has 172 valence electrons. The fourth-order valence-corrected chi connectivity index (χ4v) is 4.74. The third kappa shape index (κ3) is 3.53. The van der Waals surface area contributed by atoms with Crippen LogP contribution in [0, 0.1) is 5.82 Å². The van der Waals surface area contributed by atoms with Crippen LogP contribution in [0.25, 0.3) is 17.0 Å². The zero-order valence-corrected chi connectivity index (χ0v) is 19.2. The largest absolute Gasteiger partial charge is 0.465 e. The van der Waals surface area contributed by atoms with E-state index in [9.17, 15) is 4.79 Å². The van der Waals surface area contributed by atoms with Gasteiger partial charge in [-0.1, -0.05) is 97.6 Å². The summed E-state index contributed by atoms with van der Waals surface area (Å²) in [5.74, 6) is -1.42. The van der Waals surface area contributed by atoms with Crippen molar-refractivity contribution in [2.24, 2.45) is 0 Å². The summed E-state index contributed by atoms with van der Waals surface area (Å²) in [6.45, 7) is 3.93. The van der Waals surface area contributed by atoms with Crippen LogP contribution < -0.4 is 0 Å². The lowest BCUT2D eigenvalue weighted by atomic mass is 9.77. The van der Waals surface area contributed by atoms with Crippen molar-refractivity contribution in [3.8, 4) is 0 Å². The van der Waals surface area contributed by atoms with Gasteiger partial charge in [-0.25, -0.2) is 13.9 Å². The normalized spacial score (nSPS) is 11.4. The van der Waals surface area contributed by atoms with Crippen LogP contribution in [0.5, 0.6) is 0 Å². The van der Waals surface area contributed by atoms with Crippen LogP contribution in [0.4, 0.5) is 4.39 Å². The van der Waals surface area contributed by atoms with E-state index in [1.54, 1.807) is 6.08 Å². The summed E-state index contributed by atoms with van der Waals surface area (Å²) in [5, 5.41) is 5.56. The third-order valence-corrected chi connectivity index (χ3v) is 6.29. The van der Waals surface area contributed by atoms with Crippen molar-refractivity contribution in [3.63, 3.8) is 0 Å². The Morgan fingerprint density at radius 3 is 1.80 bits per heavy atom. The lowest BCUT2D eigenvalue weighted by molar-refractivity contribution is 0.0595. The summed E-state index contributed by atoms with van der Waals surface area (Å²) in [4.78, 5) is 12.2. The van der Waals surface area contributed by atoms with E-state index in [1.165, 1.54) is 19.2 Å². The number of carbonyl (C=O) groups excluding carboxylic acids is 1. The molecule has 5 heteroatoms. The van der Waals surface area contributed by atoms with E-state index in [1.807, 2.05) is 95.7 Å². The van der Waals surface area contributed by atoms with E-state index in [-0.39, 0.29) is 5.56 Å². The summed E-state index contributed by atoms with van der Waals surface area (Å²) in [7, 11) is 1.23. The second-order valence-electron chi connectivity index (χ2n) is 8.15. The SMILES string of the molecule is C=Cc1nn(C(c2ccccc2)(c2ccccc2)c2ccccc2)c2cc(F)c(C(=O)OC)cc12. The number of fused-ring (bicyclic) bond motifs is 1. The van der Waals surface area contributed by atoms with Gasteiger partial charge in [-0.15, -0.1) is 0 Å². The fourth-order valence-electron chi connectivity index (χ4n) is 4.74. The highest BCUT2D eigenvalue weighted by molar-refractivity contribution is 5.97. The summed E-state index contributed by atoms with van der Waals surface area (Å²) in [6, 6.07) is 32.8. The Morgan fingerprint density at radius 2 is 1.37 bits per heavy atom. The molecule has 4 aromatic carbocycles. The Morgan fingerprint density at radius 1 is 0.886 bits per heavy atom. The number of nitrogens with zero attached hydrogens (tertiary/aromatic N) is 2. The molecule has 0 saturated heterocycles. The molecule has 0 aliphatic heterocycles. The molecule has 0 spiro atoms. The Hall–Kier alpha value is -4.51. The molecule has 0 amide bonds. The van der Waals surface area contributed by atoms with Crippen molar-refractivity contribution < 1.29 is 13.9 Å². The van der Waals surface area contributed by atoms with Gasteiger partial charge < -0.3 is 4.74 Å². The predicted octanol–water partition coefficient (Wildman–Crippen LogP) is 6.45. The topological polar surface area (TPSA) is 44.1 Å². The van der Waals surface area contributed by atoms with Gasteiger partial charge in [-0.05, 0) is 28.8 Å². The van der Waals surface area contributed by atoms with E-state index in [0.29, 0.717) is 16.6 Å². The Labute approximate surface area is 202 Å². The van der Waals surface area contributed by atoms with Crippen LogP contribution in [0.15, 0.2) is 110 Å². The van der Waals surface area contributed by atoms with Gasteiger partial charge in [0.05, 0.1) is 23.9 Å². The molecule has 0 bridgehead atoms. The maximum absolute atomic E-state index is 15.3. The minimum absolute atomic E-state index is 0.146. The first-order chi connectivity index (χ1) is 17.1. The maximum atomic E-state index is 15.3. The zero-order chi connectivity index (χ0) is 24.4. The minimum atomic E-state index is -0.928. The van der Waals surface area contributed by atoms with Gasteiger partial charge in [-0.2, -0.15) is 5.10 Å². The van der Waals surface area contributed by atoms with Crippen LogP contribution in [-0.4, -0.2) is 22.9 Å². The number of methoxy groups -OCH3 is 1. The molecule has 5 aromatic rings. The van der Waals surface area contributed by atoms with Crippen LogP contribution in [-0.2, 0) is 10.3 Å². The van der Waals surface area contributed by atoms with Crippen molar-refractivity contribution in [3.05, 3.63) is 143 Å².